The van der Waals surface area contributed by atoms with Gasteiger partial charge in [0.2, 0.25) is 0 Å². The van der Waals surface area contributed by atoms with Gasteiger partial charge in [-0.3, -0.25) is 0 Å². The number of hydrogen-bond acceptors (Lipinski definition) is 4. The van der Waals surface area contributed by atoms with Gasteiger partial charge in [-0.1, -0.05) is 88.7 Å². The van der Waals surface area contributed by atoms with Crippen LogP contribution in [-0.2, 0) is 29.2 Å². The van der Waals surface area contributed by atoms with Crippen LogP contribution in [-0.4, -0.2) is 27.8 Å². The van der Waals surface area contributed by atoms with E-state index in [4.69, 9.17) is 9.47 Å². The van der Waals surface area contributed by atoms with Gasteiger partial charge in [-0.05, 0) is 49.6 Å². The lowest BCUT2D eigenvalue weighted by Gasteiger charge is -2.35. The quantitative estimate of drug-likeness (QED) is 0.327. The molecule has 0 bridgehead atoms. The molecule has 6 nitrogen and oxygen atoms in total. The first-order valence-corrected chi connectivity index (χ1v) is 11.8. The first-order valence-electron chi connectivity index (χ1n) is 11.0. The number of halogens is 1. The molecule has 0 N–H and O–H groups in total. The number of carbonyl (C=O) groups is 2. The number of benzene rings is 3. The van der Waals surface area contributed by atoms with E-state index in [0.717, 1.165) is 21.2 Å². The van der Waals surface area contributed by atoms with E-state index in [1.54, 1.807) is 20.8 Å². The molecule has 0 radical (unpaired) electrons. The van der Waals surface area contributed by atoms with E-state index in [1.165, 1.54) is 10.0 Å². The molecular weight excluding hydrogens is 496 g/mol. The van der Waals surface area contributed by atoms with Crippen LogP contribution < -0.4 is 0 Å². The number of rotatable bonds is 6. The second-order valence-electron chi connectivity index (χ2n) is 8.75. The second-order valence-corrected chi connectivity index (χ2v) is 9.66. The normalized spacial score (nSPS) is 10.9. The zero-order valence-electron chi connectivity index (χ0n) is 19.6. The maximum atomic E-state index is 13.3. The van der Waals surface area contributed by atoms with Crippen LogP contribution in [0.2, 0.25) is 0 Å². The third-order valence-electron chi connectivity index (χ3n) is 4.73. The zero-order valence-corrected chi connectivity index (χ0v) is 21.2. The smallest absolute Gasteiger partial charge is 0.429 e. The van der Waals surface area contributed by atoms with Crippen LogP contribution in [0, 0.1) is 0 Å². The molecule has 0 atom stereocenters. The second kappa shape index (κ2) is 11.7. The summed E-state index contributed by atoms with van der Waals surface area (Å²) in [5.74, 6) is 0. The fourth-order valence-electron chi connectivity index (χ4n) is 3.12. The number of carbonyl (C=O) groups excluding carboxylic acids is 2. The van der Waals surface area contributed by atoms with Crippen LogP contribution in [0.4, 0.5) is 9.59 Å². The van der Waals surface area contributed by atoms with Crippen LogP contribution in [0.25, 0.3) is 0 Å². The molecule has 3 aromatic rings. The Bertz CT molecular complexity index is 1070. The minimum Gasteiger partial charge on any atom is -0.443 e. The van der Waals surface area contributed by atoms with Crippen molar-refractivity contribution in [2.45, 2.75) is 46.1 Å². The van der Waals surface area contributed by atoms with Gasteiger partial charge in [-0.2, -0.15) is 0 Å². The van der Waals surface area contributed by atoms with Gasteiger partial charge in [0.1, 0.15) is 12.2 Å². The van der Waals surface area contributed by atoms with Gasteiger partial charge in [0.05, 0.1) is 13.1 Å². The Morgan fingerprint density at radius 2 is 1.18 bits per heavy atom. The zero-order chi connectivity index (χ0) is 24.6. The molecule has 2 amide bonds. The lowest BCUT2D eigenvalue weighted by molar-refractivity contribution is -0.0560. The van der Waals surface area contributed by atoms with Crippen molar-refractivity contribution >= 4 is 28.1 Å². The van der Waals surface area contributed by atoms with Crippen molar-refractivity contribution in [3.63, 3.8) is 0 Å². The summed E-state index contributed by atoms with van der Waals surface area (Å²) in [6, 6.07) is 26.4. The Hall–Kier alpha value is -3.32. The van der Waals surface area contributed by atoms with E-state index in [2.05, 4.69) is 15.9 Å². The van der Waals surface area contributed by atoms with Crippen LogP contribution in [0.3, 0.4) is 0 Å². The summed E-state index contributed by atoms with van der Waals surface area (Å²) >= 11 is 3.43. The van der Waals surface area contributed by atoms with E-state index in [-0.39, 0.29) is 19.7 Å². The Morgan fingerprint density at radius 3 is 1.71 bits per heavy atom. The molecule has 178 valence electrons. The predicted molar refractivity (Wildman–Crippen MR) is 135 cm³/mol. The highest BCUT2D eigenvalue weighted by Gasteiger charge is 2.31. The molecule has 0 aliphatic carbocycles. The molecule has 0 unspecified atom stereocenters. The third-order valence-corrected chi connectivity index (χ3v) is 5.26. The van der Waals surface area contributed by atoms with Crippen molar-refractivity contribution in [2.75, 3.05) is 0 Å². The summed E-state index contributed by atoms with van der Waals surface area (Å²) in [6.45, 7) is 5.74. The van der Waals surface area contributed by atoms with Crippen molar-refractivity contribution in [1.29, 1.82) is 0 Å². The van der Waals surface area contributed by atoms with Crippen LogP contribution in [0.1, 0.15) is 37.5 Å². The number of nitrogens with zero attached hydrogens (tertiary/aromatic N) is 2. The van der Waals surface area contributed by atoms with Crippen LogP contribution in [0.15, 0.2) is 89.4 Å². The Kier molecular flexibility index (Phi) is 8.71. The standard InChI is InChI=1S/C27H29BrN2O4/c1-27(2,3)34-26(32)30(19-22-14-16-24(28)17-15-22)29(18-21-10-6-4-7-11-21)25(31)33-20-23-12-8-5-9-13-23/h4-17H,18-20H2,1-3H3. The van der Waals surface area contributed by atoms with Crippen molar-refractivity contribution in [1.82, 2.24) is 10.0 Å². The molecule has 3 rings (SSSR count). The SMILES string of the molecule is CC(C)(C)OC(=O)N(Cc1ccc(Br)cc1)N(Cc1ccccc1)C(=O)OCc1ccccc1. The number of hydrogen-bond donors (Lipinski definition) is 0. The molecule has 7 heteroatoms. The van der Waals surface area contributed by atoms with E-state index in [0.29, 0.717) is 0 Å². The molecule has 0 aromatic heterocycles. The van der Waals surface area contributed by atoms with E-state index >= 15 is 0 Å². The highest BCUT2D eigenvalue weighted by Crippen LogP contribution is 2.20. The lowest BCUT2D eigenvalue weighted by atomic mass is 10.2. The van der Waals surface area contributed by atoms with Gasteiger partial charge >= 0.3 is 12.2 Å². The topological polar surface area (TPSA) is 59.1 Å². The van der Waals surface area contributed by atoms with Crippen LogP contribution in [0.5, 0.6) is 0 Å². The Labute approximate surface area is 209 Å². The third kappa shape index (κ3) is 7.92. The maximum Gasteiger partial charge on any atom is 0.429 e. The monoisotopic (exact) mass is 524 g/mol. The molecule has 0 aliphatic heterocycles. The summed E-state index contributed by atoms with van der Waals surface area (Å²) in [4.78, 5) is 26.6. The molecular formula is C27H29BrN2O4. The maximum absolute atomic E-state index is 13.3. The Morgan fingerprint density at radius 1 is 0.706 bits per heavy atom. The van der Waals surface area contributed by atoms with Gasteiger partial charge in [0.25, 0.3) is 0 Å². The van der Waals surface area contributed by atoms with Crippen molar-refractivity contribution in [3.05, 3.63) is 106 Å². The highest BCUT2D eigenvalue weighted by atomic mass is 79.9. The van der Waals surface area contributed by atoms with E-state index in [1.807, 2.05) is 84.9 Å². The molecule has 0 saturated heterocycles. The van der Waals surface area contributed by atoms with Crippen LogP contribution >= 0.6 is 15.9 Å². The van der Waals surface area contributed by atoms with Crippen molar-refractivity contribution in [2.24, 2.45) is 0 Å². The molecule has 34 heavy (non-hydrogen) atoms. The Balaban J connectivity index is 1.91. The van der Waals surface area contributed by atoms with Gasteiger partial charge < -0.3 is 9.47 Å². The van der Waals surface area contributed by atoms with Gasteiger partial charge in [-0.15, -0.1) is 0 Å². The minimum atomic E-state index is -0.735. The number of ether oxygens (including phenoxy) is 2. The number of hydrazine groups is 1. The van der Waals surface area contributed by atoms with Gasteiger partial charge in [-0.25, -0.2) is 19.6 Å². The molecule has 3 aromatic carbocycles. The molecule has 0 spiro atoms. The summed E-state index contributed by atoms with van der Waals surface area (Å²) in [5, 5.41) is 2.60. The summed E-state index contributed by atoms with van der Waals surface area (Å²) in [5.41, 5.74) is 1.81. The molecule has 0 fully saturated rings. The predicted octanol–water partition coefficient (Wildman–Crippen LogP) is 6.94. The molecule has 0 heterocycles. The minimum absolute atomic E-state index is 0.0887. The number of amides is 2. The first kappa shape index (κ1) is 25.3. The lowest BCUT2D eigenvalue weighted by Crippen LogP contribution is -2.50. The average molecular weight is 525 g/mol. The van der Waals surface area contributed by atoms with Gasteiger partial charge in [0, 0.05) is 4.47 Å². The average Bonchev–Trinajstić information content (AvgIpc) is 2.81. The largest absolute Gasteiger partial charge is 0.443 e. The van der Waals surface area contributed by atoms with E-state index < -0.39 is 17.8 Å². The fourth-order valence-corrected chi connectivity index (χ4v) is 3.39. The summed E-state index contributed by atoms with van der Waals surface area (Å²) in [7, 11) is 0. The highest BCUT2D eigenvalue weighted by molar-refractivity contribution is 9.10. The van der Waals surface area contributed by atoms with E-state index in [9.17, 15) is 9.59 Å². The summed E-state index contributed by atoms with van der Waals surface area (Å²) in [6.07, 6.45) is -1.28. The van der Waals surface area contributed by atoms with Gasteiger partial charge in [0.15, 0.2) is 0 Å². The van der Waals surface area contributed by atoms with Crippen molar-refractivity contribution < 1.29 is 19.1 Å². The first-order chi connectivity index (χ1) is 16.2. The fraction of sp³-hybridized carbons (Fsp3) is 0.259. The van der Waals surface area contributed by atoms with Crippen molar-refractivity contribution in [3.8, 4) is 0 Å². The molecule has 0 saturated carbocycles. The summed E-state index contributed by atoms with van der Waals surface area (Å²) < 4.78 is 12.2. The molecule has 0 aliphatic rings.